The number of benzene rings is 1. The van der Waals surface area contributed by atoms with E-state index in [1.165, 1.54) is 0 Å². The molecule has 110 valence electrons. The van der Waals surface area contributed by atoms with Crippen molar-refractivity contribution in [3.8, 4) is 0 Å². The second-order valence-electron chi connectivity index (χ2n) is 5.68. The number of pyridine rings is 1. The molecule has 0 radical (unpaired) electrons. The Hall–Kier alpha value is -2.14. The van der Waals surface area contributed by atoms with Crippen LogP contribution in [0.25, 0.3) is 10.8 Å². The molecule has 5 heteroatoms. The SMILES string of the molecule is NC(=O)CN1CCC[C@@H](c2cc3ccccc3c(=O)[nH]2)C1. The van der Waals surface area contributed by atoms with Crippen molar-refractivity contribution in [1.82, 2.24) is 9.88 Å². The lowest BCUT2D eigenvalue weighted by molar-refractivity contribution is -0.119. The Bertz CT molecular complexity index is 723. The lowest BCUT2D eigenvalue weighted by Crippen LogP contribution is -2.40. The zero-order valence-electron chi connectivity index (χ0n) is 11.8. The third-order valence-electron chi connectivity index (χ3n) is 4.10. The topological polar surface area (TPSA) is 79.2 Å². The maximum absolute atomic E-state index is 12.2. The Morgan fingerprint density at radius 2 is 2.19 bits per heavy atom. The van der Waals surface area contributed by atoms with Crippen LogP contribution in [0.1, 0.15) is 24.5 Å². The van der Waals surface area contributed by atoms with Crippen LogP contribution in [0.15, 0.2) is 35.1 Å². The summed E-state index contributed by atoms with van der Waals surface area (Å²) in [4.78, 5) is 28.3. The van der Waals surface area contributed by atoms with E-state index in [9.17, 15) is 9.59 Å². The van der Waals surface area contributed by atoms with Gasteiger partial charge in [-0.25, -0.2) is 0 Å². The summed E-state index contributed by atoms with van der Waals surface area (Å²) in [5.74, 6) is -0.0574. The van der Waals surface area contributed by atoms with E-state index in [0.29, 0.717) is 5.39 Å². The molecular formula is C16H19N3O2. The van der Waals surface area contributed by atoms with Crippen LogP contribution in [0.5, 0.6) is 0 Å². The Kier molecular flexibility index (Phi) is 3.75. The predicted molar refractivity (Wildman–Crippen MR) is 82.2 cm³/mol. The van der Waals surface area contributed by atoms with Crippen LogP contribution < -0.4 is 11.3 Å². The second-order valence-corrected chi connectivity index (χ2v) is 5.68. The maximum atomic E-state index is 12.2. The highest BCUT2D eigenvalue weighted by Crippen LogP contribution is 2.26. The molecule has 2 aromatic rings. The first-order valence-corrected chi connectivity index (χ1v) is 7.26. The van der Waals surface area contributed by atoms with Gasteiger partial charge in [0.25, 0.3) is 5.56 Å². The maximum Gasteiger partial charge on any atom is 0.256 e. The number of carbonyl (C=O) groups excluding carboxylic acids is 1. The number of rotatable bonds is 3. The van der Waals surface area contributed by atoms with Crippen LogP contribution in [0.2, 0.25) is 0 Å². The third kappa shape index (κ3) is 2.97. The van der Waals surface area contributed by atoms with Gasteiger partial charge in [0, 0.05) is 23.5 Å². The molecule has 3 N–H and O–H groups in total. The van der Waals surface area contributed by atoms with E-state index in [2.05, 4.69) is 16.0 Å². The Morgan fingerprint density at radius 3 is 3.00 bits per heavy atom. The normalized spacial score (nSPS) is 19.7. The van der Waals surface area contributed by atoms with E-state index in [-0.39, 0.29) is 23.9 Å². The van der Waals surface area contributed by atoms with Crippen LogP contribution in [-0.4, -0.2) is 35.4 Å². The number of nitrogens with two attached hydrogens (primary N) is 1. The molecule has 1 saturated heterocycles. The van der Waals surface area contributed by atoms with Gasteiger partial charge in [0.05, 0.1) is 6.54 Å². The van der Waals surface area contributed by atoms with Crippen LogP contribution in [0.4, 0.5) is 0 Å². The van der Waals surface area contributed by atoms with Gasteiger partial charge in [0.1, 0.15) is 0 Å². The van der Waals surface area contributed by atoms with Gasteiger partial charge < -0.3 is 10.7 Å². The number of primary amides is 1. The number of carbonyl (C=O) groups is 1. The lowest BCUT2D eigenvalue weighted by Gasteiger charge is -2.31. The minimum Gasteiger partial charge on any atom is -0.369 e. The fourth-order valence-electron chi connectivity index (χ4n) is 3.12. The largest absolute Gasteiger partial charge is 0.369 e. The summed E-state index contributed by atoms with van der Waals surface area (Å²) in [6.07, 6.45) is 2.02. The van der Waals surface area contributed by atoms with Crippen molar-refractivity contribution in [2.75, 3.05) is 19.6 Å². The van der Waals surface area contributed by atoms with Gasteiger partial charge >= 0.3 is 0 Å². The monoisotopic (exact) mass is 285 g/mol. The Labute approximate surface area is 122 Å². The highest BCUT2D eigenvalue weighted by molar-refractivity contribution is 5.81. The van der Waals surface area contributed by atoms with Gasteiger partial charge in [0.15, 0.2) is 0 Å². The highest BCUT2D eigenvalue weighted by atomic mass is 16.1. The van der Waals surface area contributed by atoms with Gasteiger partial charge in [-0.2, -0.15) is 0 Å². The molecule has 1 fully saturated rings. The summed E-state index contributed by atoms with van der Waals surface area (Å²) in [6.45, 7) is 1.93. The van der Waals surface area contributed by atoms with Crippen molar-refractivity contribution in [2.24, 2.45) is 5.73 Å². The molecule has 1 atom stereocenters. The molecule has 1 aromatic heterocycles. The molecule has 2 heterocycles. The minimum atomic E-state index is -0.303. The molecule has 5 nitrogen and oxygen atoms in total. The molecule has 0 saturated carbocycles. The van der Waals surface area contributed by atoms with Gasteiger partial charge in [0.2, 0.25) is 5.91 Å². The molecule has 3 rings (SSSR count). The third-order valence-corrected chi connectivity index (χ3v) is 4.10. The molecule has 1 aliphatic heterocycles. The first-order chi connectivity index (χ1) is 10.1. The molecule has 1 amide bonds. The number of amides is 1. The van der Waals surface area contributed by atoms with Gasteiger partial charge in [-0.05, 0) is 36.9 Å². The number of nitrogens with zero attached hydrogens (tertiary/aromatic N) is 1. The zero-order chi connectivity index (χ0) is 14.8. The molecule has 1 aliphatic rings. The summed E-state index contributed by atoms with van der Waals surface area (Å²) < 4.78 is 0. The first-order valence-electron chi connectivity index (χ1n) is 7.26. The van der Waals surface area contributed by atoms with Crippen LogP contribution in [-0.2, 0) is 4.79 Å². The second kappa shape index (κ2) is 5.69. The highest BCUT2D eigenvalue weighted by Gasteiger charge is 2.23. The first kappa shape index (κ1) is 13.8. The number of hydrogen-bond donors (Lipinski definition) is 2. The molecular weight excluding hydrogens is 266 g/mol. The number of hydrogen-bond acceptors (Lipinski definition) is 3. The smallest absolute Gasteiger partial charge is 0.256 e. The fraction of sp³-hybridized carbons (Fsp3) is 0.375. The predicted octanol–water partition coefficient (Wildman–Crippen LogP) is 1.19. The van der Waals surface area contributed by atoms with Crippen molar-refractivity contribution in [3.63, 3.8) is 0 Å². The van der Waals surface area contributed by atoms with E-state index in [0.717, 1.165) is 37.0 Å². The van der Waals surface area contributed by atoms with Gasteiger partial charge in [-0.1, -0.05) is 18.2 Å². The summed E-state index contributed by atoms with van der Waals surface area (Å²) in [7, 11) is 0. The molecule has 0 unspecified atom stereocenters. The van der Waals surface area contributed by atoms with Crippen LogP contribution in [0, 0.1) is 0 Å². The molecule has 1 aromatic carbocycles. The van der Waals surface area contributed by atoms with Crippen molar-refractivity contribution >= 4 is 16.7 Å². The summed E-state index contributed by atoms with van der Waals surface area (Å²) in [5.41, 5.74) is 6.17. The summed E-state index contributed by atoms with van der Waals surface area (Å²) in [6, 6.07) is 9.64. The van der Waals surface area contributed by atoms with Gasteiger partial charge in [-0.15, -0.1) is 0 Å². The number of H-pyrrole nitrogens is 1. The van der Waals surface area contributed by atoms with Crippen molar-refractivity contribution in [3.05, 3.63) is 46.4 Å². The van der Waals surface area contributed by atoms with Crippen molar-refractivity contribution < 1.29 is 4.79 Å². The number of likely N-dealkylation sites (tertiary alicyclic amines) is 1. The average Bonchev–Trinajstić information content (AvgIpc) is 2.47. The average molecular weight is 285 g/mol. The number of piperidine rings is 1. The zero-order valence-corrected chi connectivity index (χ0v) is 11.8. The van der Waals surface area contributed by atoms with E-state index in [4.69, 9.17) is 5.73 Å². The van der Waals surface area contributed by atoms with Crippen molar-refractivity contribution in [1.29, 1.82) is 0 Å². The molecule has 21 heavy (non-hydrogen) atoms. The van der Waals surface area contributed by atoms with E-state index < -0.39 is 0 Å². The molecule has 0 spiro atoms. The summed E-state index contributed by atoms with van der Waals surface area (Å²) in [5, 5.41) is 1.68. The molecule has 0 aliphatic carbocycles. The number of aromatic nitrogens is 1. The van der Waals surface area contributed by atoms with E-state index in [1.807, 2.05) is 24.3 Å². The molecule has 0 bridgehead atoms. The van der Waals surface area contributed by atoms with Gasteiger partial charge in [-0.3, -0.25) is 14.5 Å². The quantitative estimate of drug-likeness (QED) is 0.889. The Balaban J connectivity index is 1.89. The van der Waals surface area contributed by atoms with E-state index >= 15 is 0 Å². The number of fused-ring (bicyclic) bond motifs is 1. The van der Waals surface area contributed by atoms with Crippen LogP contribution in [0.3, 0.4) is 0 Å². The minimum absolute atomic E-state index is 0.0462. The lowest BCUT2D eigenvalue weighted by atomic mass is 9.93. The number of aromatic amines is 1. The fourth-order valence-corrected chi connectivity index (χ4v) is 3.12. The van der Waals surface area contributed by atoms with Crippen LogP contribution >= 0.6 is 0 Å². The standard InChI is InChI=1S/C16H19N3O2/c17-15(20)10-19-7-3-5-12(9-19)14-8-11-4-1-2-6-13(11)16(21)18-14/h1-2,4,6,8,12H,3,5,7,9-10H2,(H2,17,20)(H,18,21)/t12-/m1/s1. The number of nitrogens with one attached hydrogen (secondary N) is 1. The summed E-state index contributed by atoms with van der Waals surface area (Å²) >= 11 is 0. The van der Waals surface area contributed by atoms with E-state index in [1.54, 1.807) is 0 Å². The van der Waals surface area contributed by atoms with Crippen molar-refractivity contribution in [2.45, 2.75) is 18.8 Å². The Morgan fingerprint density at radius 1 is 1.38 bits per heavy atom.